The maximum absolute atomic E-state index is 13.2. The summed E-state index contributed by atoms with van der Waals surface area (Å²) in [6, 6.07) is 23.0. The highest BCUT2D eigenvalue weighted by Gasteiger charge is 2.29. The van der Waals surface area contributed by atoms with Gasteiger partial charge in [0.15, 0.2) is 6.04 Å². The van der Waals surface area contributed by atoms with Gasteiger partial charge in [-0.05, 0) is 42.8 Å². The first kappa shape index (κ1) is 24.3. The molecule has 0 aliphatic carbocycles. The van der Waals surface area contributed by atoms with E-state index in [-0.39, 0.29) is 12.1 Å². The van der Waals surface area contributed by atoms with Crippen LogP contribution >= 0.6 is 15.9 Å². The van der Waals surface area contributed by atoms with Gasteiger partial charge in [0.05, 0.1) is 15.1 Å². The molecule has 3 aromatic carbocycles. The number of aliphatic imine (C=N–C) groups is 1. The van der Waals surface area contributed by atoms with Gasteiger partial charge in [-0.15, -0.1) is 0 Å². The van der Waals surface area contributed by atoms with Gasteiger partial charge in [-0.3, -0.25) is 15.1 Å². The first-order valence-corrected chi connectivity index (χ1v) is 11.3. The average molecular weight is 509 g/mol. The van der Waals surface area contributed by atoms with E-state index in [2.05, 4.69) is 15.9 Å². The molecule has 0 aliphatic rings. The van der Waals surface area contributed by atoms with Crippen LogP contribution in [0, 0.1) is 10.1 Å². The number of halogens is 1. The number of hydrogen-bond acceptors (Lipinski definition) is 5. The second kappa shape index (κ2) is 10.5. The van der Waals surface area contributed by atoms with Crippen molar-refractivity contribution in [1.82, 2.24) is 0 Å². The van der Waals surface area contributed by atoms with Crippen molar-refractivity contribution in [2.75, 3.05) is 0 Å². The van der Waals surface area contributed by atoms with Crippen molar-refractivity contribution in [3.8, 4) is 0 Å². The van der Waals surface area contributed by atoms with Gasteiger partial charge in [-0.2, -0.15) is 0 Å². The highest BCUT2D eigenvalue weighted by Crippen LogP contribution is 2.30. The average Bonchev–Trinajstić information content (AvgIpc) is 2.76. The summed E-state index contributed by atoms with van der Waals surface area (Å²) in [6.07, 6.45) is 0.0217. The Labute approximate surface area is 201 Å². The zero-order chi connectivity index (χ0) is 24.0. The van der Waals surface area contributed by atoms with E-state index in [1.165, 1.54) is 0 Å². The first-order valence-electron chi connectivity index (χ1n) is 10.5. The summed E-state index contributed by atoms with van der Waals surface area (Å²) in [6.45, 7) is 5.34. The maximum atomic E-state index is 13.2. The van der Waals surface area contributed by atoms with Crippen LogP contribution in [0.5, 0.6) is 0 Å². The van der Waals surface area contributed by atoms with Gasteiger partial charge < -0.3 is 4.74 Å². The molecular weight excluding hydrogens is 484 g/mol. The fraction of sp³-hybridized carbons (Fsp3) is 0.231. The lowest BCUT2D eigenvalue weighted by atomic mass is 10.00. The van der Waals surface area contributed by atoms with Crippen LogP contribution in [0.15, 0.2) is 88.3 Å². The monoisotopic (exact) mass is 508 g/mol. The van der Waals surface area contributed by atoms with Crippen LogP contribution in [0.4, 0.5) is 5.69 Å². The Morgan fingerprint density at radius 3 is 2.00 bits per heavy atom. The second-order valence-corrected chi connectivity index (χ2v) is 9.32. The van der Waals surface area contributed by atoms with Crippen LogP contribution in [-0.4, -0.2) is 28.2 Å². The van der Waals surface area contributed by atoms with Crippen LogP contribution in [0.3, 0.4) is 0 Å². The fourth-order valence-electron chi connectivity index (χ4n) is 3.35. The smallest absolute Gasteiger partial charge is 0.331 e. The molecule has 7 heteroatoms. The van der Waals surface area contributed by atoms with Gasteiger partial charge in [0, 0.05) is 23.1 Å². The Morgan fingerprint density at radius 1 is 0.970 bits per heavy atom. The van der Waals surface area contributed by atoms with Crippen LogP contribution in [0.2, 0.25) is 0 Å². The summed E-state index contributed by atoms with van der Waals surface area (Å²) in [5, 5.41) is 11.7. The lowest BCUT2D eigenvalue weighted by molar-refractivity contribution is -0.386. The minimum Gasteiger partial charge on any atom is -0.458 e. The molecule has 0 amide bonds. The molecule has 0 spiro atoms. The zero-order valence-electron chi connectivity index (χ0n) is 18.7. The SMILES string of the molecule is CC(C)(C)OC(=O)C(Cc1cccc(Br)c1[N+](=O)[O-])N=C(c1ccccc1)c1ccccc1. The van der Waals surface area contributed by atoms with Crippen molar-refractivity contribution in [1.29, 1.82) is 0 Å². The Kier molecular flexibility index (Phi) is 7.76. The van der Waals surface area contributed by atoms with Gasteiger partial charge in [0.1, 0.15) is 5.60 Å². The molecule has 0 saturated heterocycles. The van der Waals surface area contributed by atoms with Gasteiger partial charge in [0.25, 0.3) is 5.69 Å². The first-order chi connectivity index (χ1) is 15.7. The second-order valence-electron chi connectivity index (χ2n) is 8.47. The number of nitrogens with zero attached hydrogens (tertiary/aromatic N) is 2. The molecular formula is C26H25BrN2O4. The van der Waals surface area contributed by atoms with Gasteiger partial charge in [-0.25, -0.2) is 4.79 Å². The number of rotatable bonds is 7. The van der Waals surface area contributed by atoms with Crippen molar-refractivity contribution in [2.45, 2.75) is 38.8 Å². The highest BCUT2D eigenvalue weighted by molar-refractivity contribution is 9.10. The van der Waals surface area contributed by atoms with E-state index >= 15 is 0 Å². The van der Waals surface area contributed by atoms with E-state index in [1.54, 1.807) is 39.0 Å². The third kappa shape index (κ3) is 6.58. The van der Waals surface area contributed by atoms with E-state index in [0.29, 0.717) is 15.7 Å². The molecule has 3 rings (SSSR count). The number of para-hydroxylation sites is 1. The van der Waals surface area contributed by atoms with Crippen molar-refractivity contribution in [2.24, 2.45) is 4.99 Å². The number of hydrogen-bond donors (Lipinski definition) is 0. The van der Waals surface area contributed by atoms with Gasteiger partial charge in [0.2, 0.25) is 0 Å². The molecule has 6 nitrogen and oxygen atoms in total. The Hall–Kier alpha value is -3.32. The van der Waals surface area contributed by atoms with Crippen LogP contribution in [-0.2, 0) is 16.0 Å². The van der Waals surface area contributed by atoms with Crippen molar-refractivity contribution < 1.29 is 14.5 Å². The summed E-state index contributed by atoms with van der Waals surface area (Å²) in [7, 11) is 0. The van der Waals surface area contributed by atoms with Crippen molar-refractivity contribution in [3.05, 3.63) is 110 Å². The summed E-state index contributed by atoms with van der Waals surface area (Å²) in [5.41, 5.74) is 1.87. The Morgan fingerprint density at radius 2 is 1.52 bits per heavy atom. The molecule has 0 aliphatic heterocycles. The Bertz CT molecular complexity index is 1110. The zero-order valence-corrected chi connectivity index (χ0v) is 20.3. The molecule has 0 aromatic heterocycles. The molecule has 0 heterocycles. The molecule has 0 saturated carbocycles. The summed E-state index contributed by atoms with van der Waals surface area (Å²) in [4.78, 5) is 29.3. The number of nitro benzene ring substituents is 1. The molecule has 170 valence electrons. The predicted molar refractivity (Wildman–Crippen MR) is 133 cm³/mol. The number of carbonyl (C=O) groups excluding carboxylic acids is 1. The lowest BCUT2D eigenvalue weighted by Crippen LogP contribution is -2.33. The van der Waals surface area contributed by atoms with E-state index in [4.69, 9.17) is 9.73 Å². The number of esters is 1. The quantitative estimate of drug-likeness (QED) is 0.166. The topological polar surface area (TPSA) is 81.8 Å². The summed E-state index contributed by atoms with van der Waals surface area (Å²) in [5.74, 6) is -0.541. The van der Waals surface area contributed by atoms with Crippen LogP contribution < -0.4 is 0 Å². The maximum Gasteiger partial charge on any atom is 0.331 e. The number of carbonyl (C=O) groups is 1. The van der Waals surface area contributed by atoms with Crippen molar-refractivity contribution >= 4 is 33.3 Å². The highest BCUT2D eigenvalue weighted by atomic mass is 79.9. The van der Waals surface area contributed by atoms with E-state index in [9.17, 15) is 14.9 Å². The fourth-order valence-corrected chi connectivity index (χ4v) is 3.90. The third-order valence-corrected chi connectivity index (χ3v) is 5.36. The molecule has 1 atom stereocenters. The van der Waals surface area contributed by atoms with Crippen LogP contribution in [0.1, 0.15) is 37.5 Å². The van der Waals surface area contributed by atoms with E-state index in [1.807, 2.05) is 60.7 Å². The standard InChI is InChI=1S/C26H25BrN2O4/c1-26(2,3)33-25(30)22(17-20-15-10-16-21(27)24(20)29(31)32)28-23(18-11-6-4-7-12-18)19-13-8-5-9-14-19/h4-16,22H,17H2,1-3H3. The summed E-state index contributed by atoms with van der Waals surface area (Å²) < 4.78 is 6.00. The van der Waals surface area contributed by atoms with E-state index < -0.39 is 22.5 Å². The molecule has 3 aromatic rings. The largest absolute Gasteiger partial charge is 0.458 e. The molecule has 0 bridgehead atoms. The Balaban J connectivity index is 2.14. The van der Waals surface area contributed by atoms with Crippen LogP contribution in [0.25, 0.3) is 0 Å². The molecule has 0 fully saturated rings. The van der Waals surface area contributed by atoms with Gasteiger partial charge >= 0.3 is 5.97 Å². The van der Waals surface area contributed by atoms with Gasteiger partial charge in [-0.1, -0.05) is 72.8 Å². The predicted octanol–water partition coefficient (Wildman–Crippen LogP) is 6.15. The van der Waals surface area contributed by atoms with E-state index in [0.717, 1.165) is 11.1 Å². The number of ether oxygens (including phenoxy) is 1. The lowest BCUT2D eigenvalue weighted by Gasteiger charge is -2.23. The number of nitro groups is 1. The minimum absolute atomic E-state index is 0.0217. The third-order valence-electron chi connectivity index (χ3n) is 4.72. The van der Waals surface area contributed by atoms with Crippen molar-refractivity contribution in [3.63, 3.8) is 0 Å². The molecule has 33 heavy (non-hydrogen) atoms. The normalized spacial score (nSPS) is 12.0. The molecule has 1 unspecified atom stereocenters. The summed E-state index contributed by atoms with van der Waals surface area (Å²) >= 11 is 3.25. The minimum atomic E-state index is -0.979. The number of benzene rings is 3. The molecule has 0 N–H and O–H groups in total. The molecule has 0 radical (unpaired) electrons.